The molecule has 114 valence electrons. The van der Waals surface area contributed by atoms with E-state index in [2.05, 4.69) is 25.2 Å². The minimum absolute atomic E-state index is 0.109. The number of rotatable bonds is 3. The summed E-state index contributed by atoms with van der Waals surface area (Å²) in [5.41, 5.74) is 1.72. The molecule has 1 saturated heterocycles. The Morgan fingerprint density at radius 3 is 2.95 bits per heavy atom. The molecule has 6 nitrogen and oxygen atoms in total. The maximum absolute atomic E-state index is 12.6. The fourth-order valence-corrected chi connectivity index (χ4v) is 2.54. The van der Waals surface area contributed by atoms with Crippen LogP contribution in [0.15, 0.2) is 30.6 Å². The fraction of sp³-hybridized carbons (Fsp3) is 0.375. The smallest absolute Gasteiger partial charge is 0.226 e. The van der Waals surface area contributed by atoms with Crippen molar-refractivity contribution in [3.8, 4) is 0 Å². The maximum atomic E-state index is 12.6. The summed E-state index contributed by atoms with van der Waals surface area (Å²) in [6, 6.07) is 5.21. The van der Waals surface area contributed by atoms with Crippen LogP contribution in [0.3, 0.4) is 0 Å². The number of nitrogens with one attached hydrogen (secondary N) is 1. The van der Waals surface area contributed by atoms with Gasteiger partial charge in [0.1, 0.15) is 5.69 Å². The number of hydrogen-bond donors (Lipinski definition) is 1. The van der Waals surface area contributed by atoms with Crippen LogP contribution >= 0.6 is 0 Å². The van der Waals surface area contributed by atoms with Gasteiger partial charge in [0.25, 0.3) is 0 Å². The van der Waals surface area contributed by atoms with E-state index in [0.29, 0.717) is 22.9 Å². The van der Waals surface area contributed by atoms with Gasteiger partial charge in [-0.3, -0.25) is 9.78 Å². The van der Waals surface area contributed by atoms with Gasteiger partial charge >= 0.3 is 0 Å². The van der Waals surface area contributed by atoms with Crippen LogP contribution in [0, 0.1) is 6.92 Å². The number of carbonyl (C=O) groups is 1. The largest absolute Gasteiger partial charge is 0.339 e. The highest BCUT2D eigenvalue weighted by Crippen LogP contribution is 2.14. The maximum Gasteiger partial charge on any atom is 0.226 e. The second kappa shape index (κ2) is 6.62. The van der Waals surface area contributed by atoms with Crippen LogP contribution in [0.2, 0.25) is 0 Å². The minimum atomic E-state index is -0.109. The summed E-state index contributed by atoms with van der Waals surface area (Å²) < 4.78 is 0. The summed E-state index contributed by atoms with van der Waals surface area (Å²) in [5.74, 6) is 0.512. The zero-order valence-corrected chi connectivity index (χ0v) is 12.6. The Kier molecular flexibility index (Phi) is 4.39. The average Bonchev–Trinajstić information content (AvgIpc) is 2.84. The van der Waals surface area contributed by atoms with Crippen molar-refractivity contribution in [3.05, 3.63) is 47.5 Å². The van der Waals surface area contributed by atoms with E-state index in [9.17, 15) is 4.79 Å². The molecule has 1 aliphatic rings. The standard InChI is InChI=1S/C16H19N5O/c1-12-13(4-2-7-18-12)15(22)14-5-8-19-16(20-14)21-10-3-6-17-9-11-21/h2,4-5,7-8,17H,3,6,9-11H2,1H3. The van der Waals surface area contributed by atoms with E-state index in [1.165, 1.54) is 0 Å². The van der Waals surface area contributed by atoms with Crippen LogP contribution in [0.5, 0.6) is 0 Å². The van der Waals surface area contributed by atoms with Gasteiger partial charge in [0.2, 0.25) is 11.7 Å². The minimum Gasteiger partial charge on any atom is -0.339 e. The Hall–Kier alpha value is -2.34. The van der Waals surface area contributed by atoms with Gasteiger partial charge in [-0.2, -0.15) is 0 Å². The molecule has 0 unspecified atom stereocenters. The molecule has 2 aromatic heterocycles. The van der Waals surface area contributed by atoms with Crippen LogP contribution in [0.1, 0.15) is 28.2 Å². The number of anilines is 1. The number of aryl methyl sites for hydroxylation is 1. The Morgan fingerprint density at radius 2 is 2.09 bits per heavy atom. The van der Waals surface area contributed by atoms with Crippen LogP contribution in [-0.4, -0.2) is 46.9 Å². The summed E-state index contributed by atoms with van der Waals surface area (Å²) in [4.78, 5) is 27.7. The number of ketones is 1. The molecule has 0 saturated carbocycles. The average molecular weight is 297 g/mol. The number of hydrogen-bond acceptors (Lipinski definition) is 6. The lowest BCUT2D eigenvalue weighted by atomic mass is 10.1. The Labute approximate surface area is 129 Å². The van der Waals surface area contributed by atoms with Crippen molar-refractivity contribution >= 4 is 11.7 Å². The molecule has 0 radical (unpaired) electrons. The first kappa shape index (κ1) is 14.6. The highest BCUT2D eigenvalue weighted by atomic mass is 16.1. The molecular weight excluding hydrogens is 278 g/mol. The third-order valence-corrected chi connectivity index (χ3v) is 3.75. The van der Waals surface area contributed by atoms with Gasteiger partial charge in [-0.05, 0) is 38.1 Å². The van der Waals surface area contributed by atoms with Crippen molar-refractivity contribution in [3.63, 3.8) is 0 Å². The van der Waals surface area contributed by atoms with Gasteiger partial charge in [-0.15, -0.1) is 0 Å². The van der Waals surface area contributed by atoms with Gasteiger partial charge in [-0.1, -0.05) is 0 Å². The SMILES string of the molecule is Cc1ncccc1C(=O)c1ccnc(N2CCCNCC2)n1. The Morgan fingerprint density at radius 1 is 1.18 bits per heavy atom. The number of nitrogens with zero attached hydrogens (tertiary/aromatic N) is 4. The molecule has 0 aliphatic carbocycles. The summed E-state index contributed by atoms with van der Waals surface area (Å²) in [6.45, 7) is 5.49. The molecule has 2 aromatic rings. The highest BCUT2D eigenvalue weighted by molar-refractivity contribution is 6.08. The molecule has 0 spiro atoms. The zero-order valence-electron chi connectivity index (χ0n) is 12.6. The predicted octanol–water partition coefficient (Wildman–Crippen LogP) is 1.21. The molecule has 1 aliphatic heterocycles. The molecule has 0 bridgehead atoms. The monoisotopic (exact) mass is 297 g/mol. The number of pyridine rings is 1. The number of carbonyl (C=O) groups excluding carboxylic acids is 1. The summed E-state index contributed by atoms with van der Waals surface area (Å²) >= 11 is 0. The lowest BCUT2D eigenvalue weighted by Gasteiger charge is -2.19. The van der Waals surface area contributed by atoms with Crippen LogP contribution in [0.25, 0.3) is 0 Å². The van der Waals surface area contributed by atoms with Crippen molar-refractivity contribution in [2.24, 2.45) is 0 Å². The molecule has 0 amide bonds. The van der Waals surface area contributed by atoms with Gasteiger partial charge in [0.15, 0.2) is 0 Å². The van der Waals surface area contributed by atoms with E-state index in [1.807, 2.05) is 6.92 Å². The third kappa shape index (κ3) is 3.12. The Balaban J connectivity index is 1.87. The van der Waals surface area contributed by atoms with Crippen LogP contribution in [-0.2, 0) is 0 Å². The van der Waals surface area contributed by atoms with E-state index >= 15 is 0 Å². The molecular formula is C16H19N5O. The Bertz CT molecular complexity index is 665. The van der Waals surface area contributed by atoms with Crippen molar-refractivity contribution in [1.29, 1.82) is 0 Å². The van der Waals surface area contributed by atoms with Crippen LogP contribution < -0.4 is 10.2 Å². The zero-order chi connectivity index (χ0) is 15.4. The lowest BCUT2D eigenvalue weighted by molar-refractivity contribution is 0.103. The topological polar surface area (TPSA) is 71.0 Å². The first-order chi connectivity index (χ1) is 10.8. The van der Waals surface area contributed by atoms with Gasteiger partial charge in [0, 0.05) is 43.3 Å². The number of aromatic nitrogens is 3. The molecule has 1 N–H and O–H groups in total. The van der Waals surface area contributed by atoms with E-state index < -0.39 is 0 Å². The molecule has 6 heteroatoms. The first-order valence-electron chi connectivity index (χ1n) is 7.51. The third-order valence-electron chi connectivity index (χ3n) is 3.75. The molecule has 0 atom stereocenters. The van der Waals surface area contributed by atoms with E-state index in [1.54, 1.807) is 30.6 Å². The van der Waals surface area contributed by atoms with Crippen molar-refractivity contribution < 1.29 is 4.79 Å². The highest BCUT2D eigenvalue weighted by Gasteiger charge is 2.17. The van der Waals surface area contributed by atoms with E-state index in [4.69, 9.17) is 0 Å². The summed E-state index contributed by atoms with van der Waals surface area (Å²) in [7, 11) is 0. The summed E-state index contributed by atoms with van der Waals surface area (Å²) in [6.07, 6.45) is 4.38. The van der Waals surface area contributed by atoms with E-state index in [0.717, 1.165) is 32.6 Å². The lowest BCUT2D eigenvalue weighted by Crippen LogP contribution is -2.29. The van der Waals surface area contributed by atoms with Gasteiger partial charge in [0.05, 0.1) is 0 Å². The quantitative estimate of drug-likeness (QED) is 0.859. The van der Waals surface area contributed by atoms with Crippen molar-refractivity contribution in [2.45, 2.75) is 13.3 Å². The first-order valence-corrected chi connectivity index (χ1v) is 7.51. The molecule has 3 heterocycles. The molecule has 22 heavy (non-hydrogen) atoms. The van der Waals surface area contributed by atoms with E-state index in [-0.39, 0.29) is 5.78 Å². The van der Waals surface area contributed by atoms with Gasteiger partial charge < -0.3 is 10.2 Å². The molecule has 0 aromatic carbocycles. The fourth-order valence-electron chi connectivity index (χ4n) is 2.54. The van der Waals surface area contributed by atoms with Crippen molar-refractivity contribution in [1.82, 2.24) is 20.3 Å². The van der Waals surface area contributed by atoms with Gasteiger partial charge in [-0.25, -0.2) is 9.97 Å². The summed E-state index contributed by atoms with van der Waals surface area (Å²) in [5, 5.41) is 3.35. The van der Waals surface area contributed by atoms with Crippen molar-refractivity contribution in [2.75, 3.05) is 31.1 Å². The molecule has 1 fully saturated rings. The van der Waals surface area contributed by atoms with Crippen LogP contribution in [0.4, 0.5) is 5.95 Å². The predicted molar refractivity (Wildman–Crippen MR) is 84.1 cm³/mol. The normalized spacial score (nSPS) is 15.4. The molecule has 3 rings (SSSR count). The second-order valence-electron chi connectivity index (χ2n) is 5.30. The second-order valence-corrected chi connectivity index (χ2v) is 5.30.